The van der Waals surface area contributed by atoms with Crippen LogP contribution in [0, 0.1) is 6.92 Å². The molecule has 1 aromatic heterocycles. The second-order valence-electron chi connectivity index (χ2n) is 4.80. The van der Waals surface area contributed by atoms with Crippen molar-refractivity contribution in [3.8, 4) is 5.75 Å². The maximum Gasteiger partial charge on any atom is 0.319 e. The van der Waals surface area contributed by atoms with Crippen LogP contribution in [0.3, 0.4) is 0 Å². The van der Waals surface area contributed by atoms with Crippen LogP contribution in [0.1, 0.15) is 5.56 Å². The monoisotopic (exact) mass is 336 g/mol. The Hall–Kier alpha value is -2.54. The van der Waals surface area contributed by atoms with Crippen LogP contribution in [0.15, 0.2) is 35.5 Å². The zero-order chi connectivity index (χ0) is 16.8. The molecule has 0 aliphatic carbocycles. The fourth-order valence-electron chi connectivity index (χ4n) is 1.95. The summed E-state index contributed by atoms with van der Waals surface area (Å²) in [5.41, 5.74) is 0.895. The van der Waals surface area contributed by atoms with Gasteiger partial charge in [-0.15, -0.1) is 0 Å². The quantitative estimate of drug-likeness (QED) is 0.875. The zero-order valence-corrected chi connectivity index (χ0v) is 13.6. The fraction of sp³-hybridized carbons (Fsp3) is 0.267. The summed E-state index contributed by atoms with van der Waals surface area (Å²) in [5, 5.41) is 5.80. The predicted octanol–water partition coefficient (Wildman–Crippen LogP) is 2.04. The number of aryl methyl sites for hydroxylation is 1. The third-order valence-electron chi connectivity index (χ3n) is 3.12. The summed E-state index contributed by atoms with van der Waals surface area (Å²) >= 11 is 5.90. The van der Waals surface area contributed by atoms with E-state index in [1.807, 2.05) is 0 Å². The van der Waals surface area contributed by atoms with Crippen LogP contribution >= 0.6 is 11.6 Å². The number of urea groups is 1. The van der Waals surface area contributed by atoms with Crippen LogP contribution in [-0.4, -0.2) is 29.2 Å². The molecular formula is C15H17ClN4O3. The SMILES string of the molecule is COc1ccc(Cl)cc1NC(=O)NCCn1cncc(C)c1=O. The number of halogens is 1. The molecule has 0 unspecified atom stereocenters. The molecule has 2 amide bonds. The van der Waals surface area contributed by atoms with Gasteiger partial charge in [-0.3, -0.25) is 9.36 Å². The second kappa shape index (κ2) is 7.64. The molecule has 23 heavy (non-hydrogen) atoms. The molecule has 7 nitrogen and oxygen atoms in total. The van der Waals surface area contributed by atoms with E-state index in [1.54, 1.807) is 25.1 Å². The van der Waals surface area contributed by atoms with Crippen LogP contribution in [-0.2, 0) is 6.54 Å². The molecule has 0 spiro atoms. The van der Waals surface area contributed by atoms with Crippen molar-refractivity contribution in [2.24, 2.45) is 0 Å². The van der Waals surface area contributed by atoms with Crippen LogP contribution < -0.4 is 20.9 Å². The number of hydrogen-bond acceptors (Lipinski definition) is 4. The minimum Gasteiger partial charge on any atom is -0.495 e. The lowest BCUT2D eigenvalue weighted by molar-refractivity contribution is 0.251. The van der Waals surface area contributed by atoms with Crippen molar-refractivity contribution in [2.75, 3.05) is 19.0 Å². The number of hydrogen-bond donors (Lipinski definition) is 2. The summed E-state index contributed by atoms with van der Waals surface area (Å²) in [6, 6.07) is 4.50. The van der Waals surface area contributed by atoms with E-state index in [0.717, 1.165) is 0 Å². The van der Waals surface area contributed by atoms with Gasteiger partial charge in [0.15, 0.2) is 0 Å². The average molecular weight is 337 g/mol. The predicted molar refractivity (Wildman–Crippen MR) is 88.3 cm³/mol. The fourth-order valence-corrected chi connectivity index (χ4v) is 2.13. The van der Waals surface area contributed by atoms with Gasteiger partial charge >= 0.3 is 6.03 Å². The topological polar surface area (TPSA) is 85.2 Å². The highest BCUT2D eigenvalue weighted by molar-refractivity contribution is 6.31. The lowest BCUT2D eigenvalue weighted by atomic mass is 10.3. The number of nitrogens with zero attached hydrogens (tertiary/aromatic N) is 2. The Morgan fingerprint density at radius 1 is 1.43 bits per heavy atom. The van der Waals surface area contributed by atoms with Crippen LogP contribution in [0.25, 0.3) is 0 Å². The van der Waals surface area contributed by atoms with E-state index >= 15 is 0 Å². The largest absolute Gasteiger partial charge is 0.495 e. The first-order valence-electron chi connectivity index (χ1n) is 6.90. The van der Waals surface area contributed by atoms with E-state index in [-0.39, 0.29) is 12.1 Å². The molecule has 2 rings (SSSR count). The van der Waals surface area contributed by atoms with Gasteiger partial charge in [0, 0.05) is 29.9 Å². The number of benzene rings is 1. The third-order valence-corrected chi connectivity index (χ3v) is 3.36. The average Bonchev–Trinajstić information content (AvgIpc) is 2.52. The van der Waals surface area contributed by atoms with Crippen molar-refractivity contribution in [1.29, 1.82) is 0 Å². The number of rotatable bonds is 5. The van der Waals surface area contributed by atoms with Crippen molar-refractivity contribution in [3.05, 3.63) is 51.7 Å². The van der Waals surface area contributed by atoms with E-state index < -0.39 is 6.03 Å². The van der Waals surface area contributed by atoms with E-state index in [2.05, 4.69) is 15.6 Å². The van der Waals surface area contributed by atoms with Crippen LogP contribution in [0.2, 0.25) is 5.02 Å². The number of carbonyl (C=O) groups excluding carboxylic acids is 1. The first-order chi connectivity index (χ1) is 11.0. The van der Waals surface area contributed by atoms with Gasteiger partial charge in [0.1, 0.15) is 5.75 Å². The molecular weight excluding hydrogens is 320 g/mol. The van der Waals surface area contributed by atoms with Gasteiger partial charge in [0.2, 0.25) is 0 Å². The number of methoxy groups -OCH3 is 1. The maximum absolute atomic E-state index is 11.9. The van der Waals surface area contributed by atoms with Gasteiger partial charge in [-0.05, 0) is 25.1 Å². The number of aromatic nitrogens is 2. The molecule has 0 saturated heterocycles. The normalized spacial score (nSPS) is 10.2. The zero-order valence-electron chi connectivity index (χ0n) is 12.8. The number of ether oxygens (including phenoxy) is 1. The minimum absolute atomic E-state index is 0.126. The first kappa shape index (κ1) is 16.8. The van der Waals surface area contributed by atoms with Crippen molar-refractivity contribution < 1.29 is 9.53 Å². The van der Waals surface area contributed by atoms with E-state index in [1.165, 1.54) is 24.2 Å². The van der Waals surface area contributed by atoms with Gasteiger partial charge in [-0.25, -0.2) is 9.78 Å². The van der Waals surface area contributed by atoms with Gasteiger partial charge in [0.05, 0.1) is 19.1 Å². The lowest BCUT2D eigenvalue weighted by Crippen LogP contribution is -2.34. The molecule has 0 aliphatic rings. The number of anilines is 1. The van der Waals surface area contributed by atoms with Crippen LogP contribution in [0.4, 0.5) is 10.5 Å². The number of amides is 2. The summed E-state index contributed by atoms with van der Waals surface area (Å²) < 4.78 is 6.59. The highest BCUT2D eigenvalue weighted by atomic mass is 35.5. The molecule has 0 saturated carbocycles. The lowest BCUT2D eigenvalue weighted by Gasteiger charge is -2.12. The molecule has 0 radical (unpaired) electrons. The van der Waals surface area contributed by atoms with E-state index in [4.69, 9.17) is 16.3 Å². The molecule has 122 valence electrons. The maximum atomic E-state index is 11.9. The van der Waals surface area contributed by atoms with Gasteiger partial charge in [-0.2, -0.15) is 0 Å². The Morgan fingerprint density at radius 2 is 2.22 bits per heavy atom. The summed E-state index contributed by atoms with van der Waals surface area (Å²) in [4.78, 5) is 27.7. The Balaban J connectivity index is 1.92. The molecule has 0 fully saturated rings. The Kier molecular flexibility index (Phi) is 5.59. The van der Waals surface area contributed by atoms with Crippen LogP contribution in [0.5, 0.6) is 5.75 Å². The highest BCUT2D eigenvalue weighted by Crippen LogP contribution is 2.27. The summed E-state index contributed by atoms with van der Waals surface area (Å²) in [7, 11) is 1.50. The van der Waals surface area contributed by atoms with Gasteiger partial charge in [0.25, 0.3) is 5.56 Å². The van der Waals surface area contributed by atoms with Gasteiger partial charge < -0.3 is 15.4 Å². The van der Waals surface area contributed by atoms with E-state index in [0.29, 0.717) is 28.6 Å². The van der Waals surface area contributed by atoms with Crippen molar-refractivity contribution >= 4 is 23.3 Å². The van der Waals surface area contributed by atoms with Crippen molar-refractivity contribution in [2.45, 2.75) is 13.5 Å². The molecule has 1 heterocycles. The number of nitrogens with one attached hydrogen (secondary N) is 2. The van der Waals surface area contributed by atoms with E-state index in [9.17, 15) is 9.59 Å². The van der Waals surface area contributed by atoms with Gasteiger partial charge in [-0.1, -0.05) is 11.6 Å². The molecule has 2 N–H and O–H groups in total. The summed E-state index contributed by atoms with van der Waals surface area (Å²) in [5.74, 6) is 0.503. The Morgan fingerprint density at radius 3 is 2.96 bits per heavy atom. The standard InChI is InChI=1S/C15H17ClN4O3/c1-10-8-17-9-20(14(10)21)6-5-18-15(22)19-12-7-11(16)3-4-13(12)23-2/h3-4,7-9H,5-6H2,1-2H3,(H2,18,19,22). The second-order valence-corrected chi connectivity index (χ2v) is 5.24. The minimum atomic E-state index is -0.417. The number of carbonyl (C=O) groups is 1. The molecule has 2 aromatic rings. The van der Waals surface area contributed by atoms with Crippen molar-refractivity contribution in [1.82, 2.24) is 14.9 Å². The smallest absolute Gasteiger partial charge is 0.319 e. The summed E-state index contributed by atoms with van der Waals surface area (Å²) in [6.07, 6.45) is 2.94. The molecule has 1 aromatic carbocycles. The third kappa shape index (κ3) is 4.46. The molecule has 0 aliphatic heterocycles. The highest BCUT2D eigenvalue weighted by Gasteiger charge is 2.08. The molecule has 8 heteroatoms. The summed E-state index contributed by atoms with van der Waals surface area (Å²) in [6.45, 7) is 2.30. The Bertz CT molecular complexity index is 761. The molecule has 0 bridgehead atoms. The molecule has 0 atom stereocenters. The Labute approximate surface area is 138 Å². The first-order valence-corrected chi connectivity index (χ1v) is 7.28. The van der Waals surface area contributed by atoms with Crippen molar-refractivity contribution in [3.63, 3.8) is 0 Å².